The van der Waals surface area contributed by atoms with Crippen LogP contribution in [-0.4, -0.2) is 25.5 Å². The quantitative estimate of drug-likeness (QED) is 0.869. The van der Waals surface area contributed by atoms with Crippen LogP contribution in [0.5, 0.6) is 0 Å². The number of nitrogens with one attached hydrogen (secondary N) is 1. The van der Waals surface area contributed by atoms with E-state index in [0.717, 1.165) is 17.8 Å². The van der Waals surface area contributed by atoms with Crippen molar-refractivity contribution in [2.45, 2.75) is 31.2 Å². The molecule has 100 valence electrons. The minimum atomic E-state index is -3.66. The first-order valence-corrected chi connectivity index (χ1v) is 8.28. The molecule has 0 spiro atoms. The summed E-state index contributed by atoms with van der Waals surface area (Å²) in [6.07, 6.45) is 0.791. The molecule has 0 saturated heterocycles. The lowest BCUT2D eigenvalue weighted by Gasteiger charge is -2.06. The third-order valence-corrected chi connectivity index (χ3v) is 6.68. The number of thiophene rings is 1. The number of hydrogen-bond donors (Lipinski definition) is 2. The molecule has 8 heteroatoms. The van der Waals surface area contributed by atoms with E-state index in [0.29, 0.717) is 3.79 Å². The maximum Gasteiger partial charge on any atom is 0.345 e. The van der Waals surface area contributed by atoms with Crippen LogP contribution in [0.15, 0.2) is 14.7 Å². The number of rotatable bonds is 4. The van der Waals surface area contributed by atoms with Gasteiger partial charge in [-0.2, -0.15) is 0 Å². The summed E-state index contributed by atoms with van der Waals surface area (Å²) in [5.41, 5.74) is -0.0226. The Kier molecular flexibility index (Phi) is 3.33. The predicted molar refractivity (Wildman–Crippen MR) is 71.5 cm³/mol. The number of carboxylic acid groups (broad SMARTS) is 1. The van der Waals surface area contributed by atoms with Crippen molar-refractivity contribution in [3.05, 3.63) is 14.7 Å². The minimum Gasteiger partial charge on any atom is -0.477 e. The molecule has 1 heterocycles. The summed E-state index contributed by atoms with van der Waals surface area (Å²) >= 11 is 3.99. The molecule has 0 bridgehead atoms. The second-order valence-electron chi connectivity index (χ2n) is 4.92. The molecule has 1 unspecified atom stereocenters. The number of halogens is 1. The van der Waals surface area contributed by atoms with Gasteiger partial charge in [0, 0.05) is 6.04 Å². The molecule has 0 amide bonds. The molecule has 1 aliphatic rings. The van der Waals surface area contributed by atoms with E-state index >= 15 is 0 Å². The smallest absolute Gasteiger partial charge is 0.345 e. The fourth-order valence-electron chi connectivity index (χ4n) is 1.56. The average Bonchev–Trinajstić information content (AvgIpc) is 2.63. The van der Waals surface area contributed by atoms with Crippen LogP contribution in [0.4, 0.5) is 0 Å². The van der Waals surface area contributed by atoms with Gasteiger partial charge in [0.15, 0.2) is 0 Å². The van der Waals surface area contributed by atoms with E-state index in [1.54, 1.807) is 0 Å². The van der Waals surface area contributed by atoms with Crippen molar-refractivity contribution in [1.82, 2.24) is 4.72 Å². The lowest BCUT2D eigenvalue weighted by atomic mass is 10.2. The Morgan fingerprint density at radius 2 is 2.17 bits per heavy atom. The molecule has 1 fully saturated rings. The highest BCUT2D eigenvalue weighted by Crippen LogP contribution is 2.45. The number of carbonyl (C=O) groups is 1. The number of sulfonamides is 1. The monoisotopic (exact) mass is 353 g/mol. The topological polar surface area (TPSA) is 83.5 Å². The zero-order chi connectivity index (χ0) is 13.7. The average molecular weight is 354 g/mol. The molecule has 1 aliphatic carbocycles. The summed E-state index contributed by atoms with van der Waals surface area (Å²) in [4.78, 5) is 10.8. The minimum absolute atomic E-state index is 0.00249. The van der Waals surface area contributed by atoms with Crippen LogP contribution in [0.25, 0.3) is 0 Å². The van der Waals surface area contributed by atoms with Gasteiger partial charge in [-0.15, -0.1) is 11.3 Å². The zero-order valence-corrected chi connectivity index (χ0v) is 12.9. The molecule has 1 saturated carbocycles. The van der Waals surface area contributed by atoms with E-state index < -0.39 is 16.0 Å². The Hall–Kier alpha value is -0.440. The molecule has 0 aromatic carbocycles. The molecule has 1 aromatic heterocycles. The van der Waals surface area contributed by atoms with Crippen LogP contribution in [0.1, 0.15) is 29.9 Å². The lowest BCUT2D eigenvalue weighted by Crippen LogP contribution is -2.28. The maximum absolute atomic E-state index is 12.1. The second-order valence-corrected chi connectivity index (χ2v) is 8.97. The van der Waals surface area contributed by atoms with Gasteiger partial charge in [-0.05, 0) is 33.8 Å². The van der Waals surface area contributed by atoms with E-state index in [-0.39, 0.29) is 21.2 Å². The van der Waals surface area contributed by atoms with Crippen molar-refractivity contribution in [3.63, 3.8) is 0 Å². The van der Waals surface area contributed by atoms with Crippen LogP contribution < -0.4 is 4.72 Å². The van der Waals surface area contributed by atoms with Gasteiger partial charge >= 0.3 is 5.97 Å². The largest absolute Gasteiger partial charge is 0.477 e. The molecule has 18 heavy (non-hydrogen) atoms. The van der Waals surface area contributed by atoms with Crippen LogP contribution in [0.3, 0.4) is 0 Å². The molecule has 0 radical (unpaired) electrons. The Balaban J connectivity index is 2.28. The van der Waals surface area contributed by atoms with Crippen molar-refractivity contribution in [3.8, 4) is 0 Å². The summed E-state index contributed by atoms with van der Waals surface area (Å²) in [6.45, 7) is 3.96. The lowest BCUT2D eigenvalue weighted by molar-refractivity contribution is 0.0702. The van der Waals surface area contributed by atoms with Crippen LogP contribution in [0.2, 0.25) is 0 Å². The van der Waals surface area contributed by atoms with Gasteiger partial charge in [-0.3, -0.25) is 0 Å². The Morgan fingerprint density at radius 3 is 2.56 bits per heavy atom. The fraction of sp³-hybridized carbons (Fsp3) is 0.500. The van der Waals surface area contributed by atoms with Crippen molar-refractivity contribution in [1.29, 1.82) is 0 Å². The molecule has 1 aromatic rings. The molecule has 0 aliphatic heterocycles. The normalized spacial score (nSPS) is 21.8. The molecular formula is C10H12BrNO4S2. The zero-order valence-electron chi connectivity index (χ0n) is 9.73. The van der Waals surface area contributed by atoms with Crippen LogP contribution in [-0.2, 0) is 10.0 Å². The summed E-state index contributed by atoms with van der Waals surface area (Å²) in [5, 5.41) is 8.84. The number of aromatic carboxylic acids is 1. The van der Waals surface area contributed by atoms with Gasteiger partial charge < -0.3 is 5.11 Å². The van der Waals surface area contributed by atoms with Crippen molar-refractivity contribution in [2.75, 3.05) is 0 Å². The first-order chi connectivity index (χ1) is 8.13. The summed E-state index contributed by atoms with van der Waals surface area (Å²) in [7, 11) is -3.66. The highest BCUT2D eigenvalue weighted by Gasteiger charge is 2.48. The predicted octanol–water partition coefficient (Wildman–Crippen LogP) is 2.29. The molecule has 1 atom stereocenters. The van der Waals surface area contributed by atoms with Crippen molar-refractivity contribution < 1.29 is 18.3 Å². The van der Waals surface area contributed by atoms with Gasteiger partial charge in [-0.1, -0.05) is 13.8 Å². The van der Waals surface area contributed by atoms with Gasteiger partial charge in [0.05, 0.1) is 3.79 Å². The fourth-order valence-corrected chi connectivity index (χ4v) is 5.37. The Morgan fingerprint density at radius 1 is 1.61 bits per heavy atom. The van der Waals surface area contributed by atoms with Crippen molar-refractivity contribution in [2.24, 2.45) is 5.41 Å². The Labute approximate surface area is 117 Å². The van der Waals surface area contributed by atoms with E-state index in [1.807, 2.05) is 13.8 Å². The SMILES string of the molecule is CC1(C)CC1NS(=O)(=O)c1cc(C(=O)O)sc1Br. The standard InChI is InChI=1S/C10H12BrNO4S2/c1-10(2)4-7(10)12-18(15,16)6-3-5(9(13)14)17-8(6)11/h3,7,12H,4H2,1-2H3,(H,13,14). The third-order valence-electron chi connectivity index (χ3n) is 2.97. The highest BCUT2D eigenvalue weighted by atomic mass is 79.9. The third kappa shape index (κ3) is 2.61. The van der Waals surface area contributed by atoms with Gasteiger partial charge in [0.2, 0.25) is 10.0 Å². The maximum atomic E-state index is 12.1. The van der Waals surface area contributed by atoms with Crippen LogP contribution in [0, 0.1) is 5.41 Å². The van der Waals surface area contributed by atoms with E-state index in [2.05, 4.69) is 20.7 Å². The molecule has 5 nitrogen and oxygen atoms in total. The summed E-state index contributed by atoms with van der Waals surface area (Å²) < 4.78 is 27.1. The van der Waals surface area contributed by atoms with E-state index in [4.69, 9.17) is 5.11 Å². The highest BCUT2D eigenvalue weighted by molar-refractivity contribution is 9.11. The first-order valence-electron chi connectivity index (χ1n) is 5.18. The second kappa shape index (κ2) is 4.29. The number of hydrogen-bond acceptors (Lipinski definition) is 4. The van der Waals surface area contributed by atoms with E-state index in [1.165, 1.54) is 6.07 Å². The molecular weight excluding hydrogens is 342 g/mol. The van der Waals surface area contributed by atoms with Gasteiger partial charge in [-0.25, -0.2) is 17.9 Å². The first kappa shape index (κ1) is 14.0. The molecule has 2 N–H and O–H groups in total. The molecule has 2 rings (SSSR count). The Bertz CT molecular complexity index is 605. The van der Waals surface area contributed by atoms with Crippen molar-refractivity contribution >= 4 is 43.3 Å². The van der Waals surface area contributed by atoms with Gasteiger partial charge in [0.1, 0.15) is 9.77 Å². The van der Waals surface area contributed by atoms with Crippen LogP contribution >= 0.6 is 27.3 Å². The summed E-state index contributed by atoms with van der Waals surface area (Å²) in [6, 6.07) is 1.09. The van der Waals surface area contributed by atoms with Gasteiger partial charge in [0.25, 0.3) is 0 Å². The number of carboxylic acids is 1. The summed E-state index contributed by atoms with van der Waals surface area (Å²) in [5.74, 6) is -1.13. The van der Waals surface area contributed by atoms with E-state index in [9.17, 15) is 13.2 Å².